The highest BCUT2D eigenvalue weighted by molar-refractivity contribution is 5.32. The van der Waals surface area contributed by atoms with Gasteiger partial charge >= 0.3 is 0 Å². The van der Waals surface area contributed by atoms with Crippen LogP contribution in [0.15, 0.2) is 24.3 Å². The number of hydrogen-bond acceptors (Lipinski definition) is 1. The van der Waals surface area contributed by atoms with E-state index < -0.39 is 5.67 Å². The molecule has 0 bridgehead atoms. The van der Waals surface area contributed by atoms with Crippen molar-refractivity contribution in [1.29, 1.82) is 0 Å². The minimum Gasteiger partial charge on any atom is -0.330 e. The second kappa shape index (κ2) is 5.00. The smallest absolute Gasteiger partial charge is 0.130 e. The van der Waals surface area contributed by atoms with Crippen molar-refractivity contribution in [2.45, 2.75) is 57.0 Å². The van der Waals surface area contributed by atoms with E-state index in [4.69, 9.17) is 5.73 Å². The van der Waals surface area contributed by atoms with E-state index in [0.717, 1.165) is 5.56 Å². The standard InChI is InChI=1S/C16H24FN/c1-15(2,17)13-6-8-14(9-7-13)16(12-18)10-4-3-5-11-16/h6-9H,3-5,10-12,18H2,1-2H3. The maximum atomic E-state index is 13.8. The van der Waals surface area contributed by atoms with Gasteiger partial charge in [-0.1, -0.05) is 43.5 Å². The van der Waals surface area contributed by atoms with Gasteiger partial charge in [0.25, 0.3) is 0 Å². The van der Waals surface area contributed by atoms with Gasteiger partial charge in [0, 0.05) is 12.0 Å². The van der Waals surface area contributed by atoms with Crippen molar-refractivity contribution in [2.24, 2.45) is 5.73 Å². The van der Waals surface area contributed by atoms with E-state index in [-0.39, 0.29) is 5.41 Å². The molecule has 0 amide bonds. The molecule has 18 heavy (non-hydrogen) atoms. The maximum Gasteiger partial charge on any atom is 0.130 e. The highest BCUT2D eigenvalue weighted by atomic mass is 19.1. The lowest BCUT2D eigenvalue weighted by atomic mass is 9.69. The van der Waals surface area contributed by atoms with Crippen LogP contribution in [0.2, 0.25) is 0 Å². The molecule has 1 aromatic carbocycles. The van der Waals surface area contributed by atoms with Gasteiger partial charge in [-0.05, 0) is 37.8 Å². The first-order valence-corrected chi connectivity index (χ1v) is 6.98. The van der Waals surface area contributed by atoms with Crippen LogP contribution in [0.3, 0.4) is 0 Å². The minimum absolute atomic E-state index is 0.136. The van der Waals surface area contributed by atoms with Gasteiger partial charge in [0.15, 0.2) is 0 Å². The molecule has 1 aliphatic carbocycles. The van der Waals surface area contributed by atoms with Crippen molar-refractivity contribution < 1.29 is 4.39 Å². The highest BCUT2D eigenvalue weighted by Gasteiger charge is 2.32. The highest BCUT2D eigenvalue weighted by Crippen LogP contribution is 2.39. The van der Waals surface area contributed by atoms with E-state index in [1.807, 2.05) is 12.1 Å². The average Bonchev–Trinajstić information content (AvgIpc) is 2.39. The van der Waals surface area contributed by atoms with E-state index in [1.54, 1.807) is 13.8 Å². The van der Waals surface area contributed by atoms with Crippen LogP contribution in [0, 0.1) is 0 Å². The third kappa shape index (κ3) is 2.59. The summed E-state index contributed by atoms with van der Waals surface area (Å²) in [6.45, 7) is 3.90. The minimum atomic E-state index is -1.26. The summed E-state index contributed by atoms with van der Waals surface area (Å²) in [5.74, 6) is 0. The van der Waals surface area contributed by atoms with Crippen molar-refractivity contribution in [3.05, 3.63) is 35.4 Å². The van der Waals surface area contributed by atoms with Crippen LogP contribution in [0.1, 0.15) is 57.1 Å². The van der Waals surface area contributed by atoms with Crippen molar-refractivity contribution >= 4 is 0 Å². The summed E-state index contributed by atoms with van der Waals surface area (Å²) in [5, 5.41) is 0. The monoisotopic (exact) mass is 249 g/mol. The first-order valence-electron chi connectivity index (χ1n) is 6.98. The first kappa shape index (κ1) is 13.5. The quantitative estimate of drug-likeness (QED) is 0.859. The van der Waals surface area contributed by atoms with Gasteiger partial charge in [0.2, 0.25) is 0 Å². The van der Waals surface area contributed by atoms with Crippen LogP contribution in [0.25, 0.3) is 0 Å². The summed E-state index contributed by atoms with van der Waals surface area (Å²) in [7, 11) is 0. The Balaban J connectivity index is 2.27. The predicted molar refractivity (Wildman–Crippen MR) is 74.4 cm³/mol. The Hall–Kier alpha value is -0.890. The topological polar surface area (TPSA) is 26.0 Å². The molecule has 0 radical (unpaired) electrons. The summed E-state index contributed by atoms with van der Waals surface area (Å²) in [6.07, 6.45) is 6.17. The fourth-order valence-corrected chi connectivity index (χ4v) is 3.06. The fraction of sp³-hybridized carbons (Fsp3) is 0.625. The van der Waals surface area contributed by atoms with Gasteiger partial charge in [-0.25, -0.2) is 4.39 Å². The molecule has 1 fully saturated rings. The summed E-state index contributed by atoms with van der Waals surface area (Å²) in [6, 6.07) is 7.99. The summed E-state index contributed by atoms with van der Waals surface area (Å²) in [4.78, 5) is 0. The van der Waals surface area contributed by atoms with Gasteiger partial charge in [0.1, 0.15) is 5.67 Å². The Kier molecular flexibility index (Phi) is 3.76. The molecule has 0 saturated heterocycles. The zero-order chi connectivity index (χ0) is 13.2. The van der Waals surface area contributed by atoms with Crippen molar-refractivity contribution in [3.8, 4) is 0 Å². The molecule has 2 N–H and O–H groups in total. The van der Waals surface area contributed by atoms with Crippen molar-refractivity contribution in [3.63, 3.8) is 0 Å². The lowest BCUT2D eigenvalue weighted by Crippen LogP contribution is -2.37. The van der Waals surface area contributed by atoms with E-state index in [9.17, 15) is 4.39 Å². The van der Waals surface area contributed by atoms with Crippen LogP contribution < -0.4 is 5.73 Å². The van der Waals surface area contributed by atoms with Crippen LogP contribution in [0.5, 0.6) is 0 Å². The zero-order valence-corrected chi connectivity index (χ0v) is 11.5. The predicted octanol–water partition coefficient (Wildman–Crippen LogP) is 4.05. The number of benzene rings is 1. The molecule has 0 spiro atoms. The SMILES string of the molecule is CC(C)(F)c1ccc(C2(CN)CCCCC2)cc1. The number of rotatable bonds is 3. The zero-order valence-electron chi connectivity index (χ0n) is 11.5. The third-order valence-electron chi connectivity index (χ3n) is 4.39. The van der Waals surface area contributed by atoms with E-state index in [1.165, 1.54) is 37.7 Å². The molecule has 1 saturated carbocycles. The number of hydrogen-bond donors (Lipinski definition) is 1. The molecule has 0 heterocycles. The molecule has 0 aliphatic heterocycles. The molecule has 1 aliphatic rings. The number of nitrogens with two attached hydrogens (primary N) is 1. The Morgan fingerprint density at radius 1 is 1.11 bits per heavy atom. The molecule has 2 heteroatoms. The normalized spacial score (nSPS) is 19.8. The summed E-state index contributed by atoms with van der Waals surface area (Å²) >= 11 is 0. The molecule has 0 atom stereocenters. The lowest BCUT2D eigenvalue weighted by molar-refractivity contribution is 0.221. The molecule has 100 valence electrons. The Morgan fingerprint density at radius 3 is 2.11 bits per heavy atom. The van der Waals surface area contributed by atoms with Crippen LogP contribution in [-0.2, 0) is 11.1 Å². The van der Waals surface area contributed by atoms with Crippen molar-refractivity contribution in [2.75, 3.05) is 6.54 Å². The lowest BCUT2D eigenvalue weighted by Gasteiger charge is -2.37. The molecular formula is C16H24FN. The Bertz CT molecular complexity index is 383. The summed E-state index contributed by atoms with van der Waals surface area (Å²) < 4.78 is 13.8. The fourth-order valence-electron chi connectivity index (χ4n) is 3.06. The Labute approximate surface area is 110 Å². The van der Waals surface area contributed by atoms with Crippen LogP contribution in [0.4, 0.5) is 4.39 Å². The second-order valence-corrected chi connectivity index (χ2v) is 6.09. The number of halogens is 1. The summed E-state index contributed by atoms with van der Waals surface area (Å²) in [5.41, 5.74) is 6.93. The average molecular weight is 249 g/mol. The van der Waals surface area contributed by atoms with E-state index in [2.05, 4.69) is 12.1 Å². The van der Waals surface area contributed by atoms with E-state index >= 15 is 0 Å². The Morgan fingerprint density at radius 2 is 1.67 bits per heavy atom. The molecule has 1 aromatic rings. The van der Waals surface area contributed by atoms with Crippen molar-refractivity contribution in [1.82, 2.24) is 0 Å². The maximum absolute atomic E-state index is 13.8. The largest absolute Gasteiger partial charge is 0.330 e. The van der Waals surface area contributed by atoms with Gasteiger partial charge in [-0.3, -0.25) is 0 Å². The molecule has 1 nitrogen and oxygen atoms in total. The van der Waals surface area contributed by atoms with E-state index in [0.29, 0.717) is 6.54 Å². The molecular weight excluding hydrogens is 225 g/mol. The van der Waals surface area contributed by atoms with Crippen LogP contribution >= 0.6 is 0 Å². The van der Waals surface area contributed by atoms with Crippen LogP contribution in [-0.4, -0.2) is 6.54 Å². The second-order valence-electron chi connectivity index (χ2n) is 6.09. The van der Waals surface area contributed by atoms with Gasteiger partial charge in [-0.15, -0.1) is 0 Å². The van der Waals surface area contributed by atoms with Gasteiger partial charge in [-0.2, -0.15) is 0 Å². The third-order valence-corrected chi connectivity index (χ3v) is 4.39. The molecule has 0 aromatic heterocycles. The van der Waals surface area contributed by atoms with Gasteiger partial charge < -0.3 is 5.73 Å². The first-order chi connectivity index (χ1) is 8.48. The van der Waals surface area contributed by atoms with Gasteiger partial charge in [0.05, 0.1) is 0 Å². The number of alkyl halides is 1. The molecule has 0 unspecified atom stereocenters. The molecule has 2 rings (SSSR count).